The maximum Gasteiger partial charge on any atom is 0.256 e. The average Bonchev–Trinajstić information content (AvgIpc) is 2.84. The number of carbonyl (C=O) groups excluding carboxylic acids is 1. The van der Waals surface area contributed by atoms with Crippen LogP contribution in [0, 0.1) is 13.8 Å². The van der Waals surface area contributed by atoms with Gasteiger partial charge in [0.15, 0.2) is 5.78 Å². The van der Waals surface area contributed by atoms with E-state index in [0.29, 0.717) is 5.22 Å². The van der Waals surface area contributed by atoms with Gasteiger partial charge in [0.1, 0.15) is 6.26 Å². The molecular weight excluding hydrogens is 246 g/mol. The number of nitrogens with zero attached hydrogens (tertiary/aromatic N) is 1. The zero-order valence-corrected chi connectivity index (χ0v) is 11.5. The maximum absolute atomic E-state index is 12.2. The minimum absolute atomic E-state index is 0.0984. The summed E-state index contributed by atoms with van der Waals surface area (Å²) in [5, 5.41) is 0.324. The van der Waals surface area contributed by atoms with E-state index in [1.165, 1.54) is 23.6 Å². The molecule has 0 aliphatic heterocycles. The molecule has 1 aromatic heterocycles. The number of aromatic nitrogens is 1. The topological polar surface area (TPSA) is 43.1 Å². The van der Waals surface area contributed by atoms with E-state index in [9.17, 15) is 4.79 Å². The van der Waals surface area contributed by atoms with Crippen molar-refractivity contribution in [2.45, 2.75) is 31.2 Å². The second kappa shape index (κ2) is 5.40. The molecule has 18 heavy (non-hydrogen) atoms. The number of ketones is 1. The van der Waals surface area contributed by atoms with Gasteiger partial charge in [-0.05, 0) is 38.0 Å². The molecule has 4 heteroatoms. The summed E-state index contributed by atoms with van der Waals surface area (Å²) in [6, 6.07) is 5.78. The molecule has 0 amide bonds. The fraction of sp³-hybridized carbons (Fsp3) is 0.286. The van der Waals surface area contributed by atoms with Crippen LogP contribution in [0.1, 0.15) is 28.4 Å². The maximum atomic E-state index is 12.2. The lowest BCUT2D eigenvalue weighted by atomic mass is 10.0. The van der Waals surface area contributed by atoms with Gasteiger partial charge in [-0.3, -0.25) is 4.79 Å². The molecule has 0 saturated carbocycles. The van der Waals surface area contributed by atoms with E-state index in [4.69, 9.17) is 4.42 Å². The molecule has 0 spiro atoms. The summed E-state index contributed by atoms with van der Waals surface area (Å²) in [5.41, 5.74) is 3.07. The van der Waals surface area contributed by atoms with E-state index < -0.39 is 0 Å². The molecule has 0 radical (unpaired) electrons. The molecule has 2 rings (SSSR count). The summed E-state index contributed by atoms with van der Waals surface area (Å²) >= 11 is 1.34. The van der Waals surface area contributed by atoms with E-state index in [0.717, 1.165) is 11.1 Å². The number of hydrogen-bond donors (Lipinski definition) is 0. The van der Waals surface area contributed by atoms with E-state index in [1.54, 1.807) is 6.20 Å². The normalized spacial score (nSPS) is 12.4. The van der Waals surface area contributed by atoms with Crippen molar-refractivity contribution in [3.63, 3.8) is 0 Å². The van der Waals surface area contributed by atoms with Gasteiger partial charge >= 0.3 is 0 Å². The molecule has 0 aliphatic rings. The molecule has 0 bridgehead atoms. The molecule has 1 unspecified atom stereocenters. The quantitative estimate of drug-likeness (QED) is 0.622. The highest BCUT2D eigenvalue weighted by atomic mass is 32.2. The number of benzene rings is 1. The molecule has 0 fully saturated rings. The van der Waals surface area contributed by atoms with Gasteiger partial charge in [-0.2, -0.15) is 0 Å². The third kappa shape index (κ3) is 2.82. The van der Waals surface area contributed by atoms with Gasteiger partial charge in [0.05, 0.1) is 11.4 Å². The molecule has 94 valence electrons. The second-order valence-electron chi connectivity index (χ2n) is 4.22. The van der Waals surface area contributed by atoms with Crippen molar-refractivity contribution in [2.75, 3.05) is 0 Å². The van der Waals surface area contributed by atoms with Crippen LogP contribution in [-0.2, 0) is 0 Å². The Hall–Kier alpha value is -1.55. The summed E-state index contributed by atoms with van der Waals surface area (Å²) in [6.45, 7) is 5.92. The lowest BCUT2D eigenvalue weighted by Gasteiger charge is -2.09. The van der Waals surface area contributed by atoms with Crippen LogP contribution in [-0.4, -0.2) is 16.0 Å². The number of thioether (sulfide) groups is 1. The van der Waals surface area contributed by atoms with Crippen molar-refractivity contribution in [1.29, 1.82) is 0 Å². The summed E-state index contributed by atoms with van der Waals surface area (Å²) < 4.78 is 5.13. The minimum atomic E-state index is -0.203. The first-order valence-corrected chi connectivity index (χ1v) is 6.63. The average molecular weight is 261 g/mol. The van der Waals surface area contributed by atoms with E-state index >= 15 is 0 Å². The molecule has 0 N–H and O–H groups in total. The van der Waals surface area contributed by atoms with Crippen LogP contribution in [0.5, 0.6) is 0 Å². The van der Waals surface area contributed by atoms with Crippen molar-refractivity contribution < 1.29 is 9.21 Å². The third-order valence-corrected chi connectivity index (χ3v) is 3.82. The number of rotatable bonds is 4. The first kappa shape index (κ1) is 12.9. The molecule has 1 aromatic carbocycles. The number of carbonyl (C=O) groups is 1. The fourth-order valence-corrected chi connectivity index (χ4v) is 2.38. The van der Waals surface area contributed by atoms with Crippen molar-refractivity contribution in [1.82, 2.24) is 4.98 Å². The predicted molar refractivity (Wildman–Crippen MR) is 72.1 cm³/mol. The van der Waals surface area contributed by atoms with Gasteiger partial charge < -0.3 is 4.42 Å². The highest BCUT2D eigenvalue weighted by molar-refractivity contribution is 8.00. The van der Waals surface area contributed by atoms with Crippen molar-refractivity contribution in [3.8, 4) is 0 Å². The van der Waals surface area contributed by atoms with E-state index in [-0.39, 0.29) is 11.0 Å². The zero-order chi connectivity index (χ0) is 13.1. The van der Waals surface area contributed by atoms with E-state index in [2.05, 4.69) is 4.98 Å². The van der Waals surface area contributed by atoms with Crippen LogP contribution in [0.4, 0.5) is 0 Å². The van der Waals surface area contributed by atoms with Gasteiger partial charge in [0.25, 0.3) is 5.22 Å². The Kier molecular flexibility index (Phi) is 3.87. The summed E-state index contributed by atoms with van der Waals surface area (Å²) in [7, 11) is 0. The van der Waals surface area contributed by atoms with Gasteiger partial charge in [-0.1, -0.05) is 23.9 Å². The van der Waals surface area contributed by atoms with Gasteiger partial charge in [0, 0.05) is 5.56 Å². The first-order chi connectivity index (χ1) is 8.58. The number of aryl methyl sites for hydroxylation is 2. The van der Waals surface area contributed by atoms with Crippen LogP contribution in [0.2, 0.25) is 0 Å². The Bertz CT molecular complexity index is 549. The Labute approximate surface area is 111 Å². The Morgan fingerprint density at radius 2 is 2.11 bits per heavy atom. The molecule has 0 aliphatic carbocycles. The monoisotopic (exact) mass is 261 g/mol. The fourth-order valence-electron chi connectivity index (χ4n) is 1.60. The molecule has 2 aromatic rings. The summed E-state index contributed by atoms with van der Waals surface area (Å²) in [6.07, 6.45) is 3.09. The minimum Gasteiger partial charge on any atom is -0.440 e. The Balaban J connectivity index is 2.12. The van der Waals surface area contributed by atoms with Crippen LogP contribution in [0.3, 0.4) is 0 Å². The molecule has 3 nitrogen and oxygen atoms in total. The van der Waals surface area contributed by atoms with Crippen molar-refractivity contribution in [2.24, 2.45) is 0 Å². The number of Topliss-reactive ketones (excluding diaryl/α,β-unsaturated/α-hetero) is 1. The highest BCUT2D eigenvalue weighted by Crippen LogP contribution is 2.24. The second-order valence-corrected chi connectivity index (χ2v) is 5.51. The number of oxazole rings is 1. The molecule has 0 saturated heterocycles. The summed E-state index contributed by atoms with van der Waals surface area (Å²) in [5.74, 6) is 0.0984. The standard InChI is InChI=1S/C14H15NO2S/c1-9-4-5-12(8-10(9)2)13(16)11(3)18-14-15-6-7-17-14/h4-8,11H,1-3H3. The van der Waals surface area contributed by atoms with Crippen molar-refractivity contribution in [3.05, 3.63) is 47.3 Å². The van der Waals surface area contributed by atoms with E-state index in [1.807, 2.05) is 39.0 Å². The lowest BCUT2D eigenvalue weighted by Crippen LogP contribution is -2.13. The largest absolute Gasteiger partial charge is 0.440 e. The van der Waals surface area contributed by atoms with Gasteiger partial charge in [-0.25, -0.2) is 4.98 Å². The Morgan fingerprint density at radius 3 is 2.72 bits per heavy atom. The zero-order valence-electron chi connectivity index (χ0n) is 10.6. The Morgan fingerprint density at radius 1 is 1.33 bits per heavy atom. The molecule has 1 atom stereocenters. The summed E-state index contributed by atoms with van der Waals surface area (Å²) in [4.78, 5) is 16.3. The van der Waals surface area contributed by atoms with Crippen LogP contribution in [0.25, 0.3) is 0 Å². The third-order valence-electron chi connectivity index (χ3n) is 2.85. The van der Waals surface area contributed by atoms with Gasteiger partial charge in [0.2, 0.25) is 0 Å². The van der Waals surface area contributed by atoms with Crippen LogP contribution >= 0.6 is 11.8 Å². The van der Waals surface area contributed by atoms with Gasteiger partial charge in [-0.15, -0.1) is 0 Å². The molecular formula is C14H15NO2S. The lowest BCUT2D eigenvalue weighted by molar-refractivity contribution is 0.0993. The van der Waals surface area contributed by atoms with Crippen LogP contribution in [0.15, 0.2) is 40.3 Å². The highest BCUT2D eigenvalue weighted by Gasteiger charge is 2.18. The SMILES string of the molecule is Cc1ccc(C(=O)C(C)Sc2ncco2)cc1C. The smallest absolute Gasteiger partial charge is 0.256 e. The van der Waals surface area contributed by atoms with Crippen LogP contribution < -0.4 is 0 Å². The van der Waals surface area contributed by atoms with Crippen molar-refractivity contribution >= 4 is 17.5 Å². The first-order valence-electron chi connectivity index (χ1n) is 5.75. The predicted octanol–water partition coefficient (Wildman–Crippen LogP) is 3.65. The number of hydrogen-bond acceptors (Lipinski definition) is 4. The molecule has 1 heterocycles.